The van der Waals surface area contributed by atoms with Crippen LogP contribution in [0.3, 0.4) is 0 Å². The first-order valence-corrected chi connectivity index (χ1v) is 12.1. The molecule has 2 rings (SSSR count). The number of thioether (sulfide) groups is 1. The Morgan fingerprint density at radius 3 is 2.32 bits per heavy atom. The van der Waals surface area contributed by atoms with Crippen LogP contribution in [0, 0.1) is 0 Å². The number of nitrogens with two attached hydrogens (primary N) is 1. The van der Waals surface area contributed by atoms with Crippen molar-refractivity contribution in [2.45, 2.75) is 33.2 Å². The summed E-state index contributed by atoms with van der Waals surface area (Å²) in [6, 6.07) is 11.2. The maximum atomic E-state index is 12.3. The zero-order valence-corrected chi connectivity index (χ0v) is 21.9. The minimum absolute atomic E-state index is 0.110. The number of nitrogens with one attached hydrogen (secondary N) is 2. The lowest BCUT2D eigenvalue weighted by Crippen LogP contribution is -2.38. The number of benzene rings is 1. The molecule has 0 aliphatic rings. The Morgan fingerprint density at radius 1 is 1.21 bits per heavy atom. The number of amidine groups is 1. The van der Waals surface area contributed by atoms with Crippen molar-refractivity contribution < 1.29 is 9.59 Å². The maximum absolute atomic E-state index is 12.3. The number of carbonyl (C=O) groups is 2. The molecule has 0 aliphatic carbocycles. The first-order chi connectivity index (χ1) is 16.0. The molecule has 0 radical (unpaired) electrons. The zero-order chi connectivity index (χ0) is 25.7. The molecular weight excluding hydrogens is 466 g/mol. The van der Waals surface area contributed by atoms with Gasteiger partial charge in [-0.3, -0.25) is 9.59 Å². The summed E-state index contributed by atoms with van der Waals surface area (Å²) in [6.45, 7) is 11.8. The van der Waals surface area contributed by atoms with Gasteiger partial charge in [0.05, 0.1) is 17.8 Å². The zero-order valence-electron chi connectivity index (χ0n) is 20.3. The Hall–Kier alpha value is -3.17. The fourth-order valence-corrected chi connectivity index (χ4v) is 2.95. The molecule has 34 heavy (non-hydrogen) atoms. The fraction of sp³-hybridized carbons (Fsp3) is 0.280. The van der Waals surface area contributed by atoms with Crippen LogP contribution in [0.2, 0.25) is 0 Å². The van der Waals surface area contributed by atoms with Crippen LogP contribution in [0.15, 0.2) is 72.6 Å². The molecule has 1 aromatic carbocycles. The average molecular weight is 500 g/mol. The third-order valence-corrected chi connectivity index (χ3v) is 4.97. The summed E-state index contributed by atoms with van der Waals surface area (Å²) in [7, 11) is 0. The Kier molecular flexibility index (Phi) is 12.0. The standard InChI is InChI=1S/C21H26N4O2S.C4H7NS/c1-15(16-9-7-6-8-10-16)23-20(28-5)24-18(26)13-22-19(27)17-11-12-25(14-17)21(2,3)4;1-4(6)2-3-5/h6-12,14H,1,13H2,2-5H3,(H,22,27)(H,23,24,26);2-3H,5H2,1H3/b;3-2-. The van der Waals surface area contributed by atoms with Crippen LogP contribution in [-0.2, 0) is 10.3 Å². The summed E-state index contributed by atoms with van der Waals surface area (Å²) >= 11 is 5.93. The molecule has 2 amide bonds. The van der Waals surface area contributed by atoms with Gasteiger partial charge in [0.1, 0.15) is 0 Å². The highest BCUT2D eigenvalue weighted by atomic mass is 32.2. The lowest BCUT2D eigenvalue weighted by atomic mass is 10.1. The molecule has 0 bridgehead atoms. The number of rotatable bonds is 6. The molecule has 0 spiro atoms. The number of aromatic nitrogens is 1. The molecule has 7 nitrogen and oxygen atoms in total. The molecule has 2 aromatic rings. The fourth-order valence-electron chi connectivity index (χ4n) is 2.45. The summed E-state index contributed by atoms with van der Waals surface area (Å²) in [5, 5.41) is 5.75. The van der Waals surface area contributed by atoms with Gasteiger partial charge in [0.2, 0.25) is 5.91 Å². The highest BCUT2D eigenvalue weighted by molar-refractivity contribution is 8.13. The average Bonchev–Trinajstić information content (AvgIpc) is 3.29. The number of thiocarbonyl (C=S) groups is 1. The highest BCUT2D eigenvalue weighted by Gasteiger charge is 2.16. The molecule has 0 unspecified atom stereocenters. The molecular formula is C25H33N5O2S2. The van der Waals surface area contributed by atoms with E-state index in [-0.39, 0.29) is 23.9 Å². The van der Waals surface area contributed by atoms with Gasteiger partial charge in [0.25, 0.3) is 5.91 Å². The van der Waals surface area contributed by atoms with Crippen molar-refractivity contribution in [2.75, 3.05) is 12.8 Å². The molecule has 0 fully saturated rings. The maximum Gasteiger partial charge on any atom is 0.253 e. The normalized spacial score (nSPS) is 11.4. The van der Waals surface area contributed by atoms with E-state index in [1.54, 1.807) is 18.3 Å². The Labute approximate surface area is 211 Å². The second-order valence-electron chi connectivity index (χ2n) is 8.11. The number of nitrogens with zero attached hydrogens (tertiary/aromatic N) is 2. The van der Waals surface area contributed by atoms with Crippen molar-refractivity contribution in [3.8, 4) is 0 Å². The number of aliphatic imine (C=N–C) groups is 1. The lowest BCUT2D eigenvalue weighted by Gasteiger charge is -2.20. The van der Waals surface area contributed by atoms with Crippen molar-refractivity contribution in [1.29, 1.82) is 0 Å². The monoisotopic (exact) mass is 499 g/mol. The molecule has 0 saturated carbocycles. The van der Waals surface area contributed by atoms with Crippen molar-refractivity contribution in [3.63, 3.8) is 0 Å². The summed E-state index contributed by atoms with van der Waals surface area (Å²) in [4.78, 5) is 29.6. The third kappa shape index (κ3) is 10.6. The van der Waals surface area contributed by atoms with E-state index in [2.05, 4.69) is 55.2 Å². The van der Waals surface area contributed by atoms with Crippen LogP contribution in [0.5, 0.6) is 0 Å². The van der Waals surface area contributed by atoms with Crippen molar-refractivity contribution >= 4 is 51.5 Å². The van der Waals surface area contributed by atoms with E-state index in [0.717, 1.165) is 10.4 Å². The van der Waals surface area contributed by atoms with Gasteiger partial charge in [-0.1, -0.05) is 60.9 Å². The quantitative estimate of drug-likeness (QED) is 0.238. The van der Waals surface area contributed by atoms with E-state index in [9.17, 15) is 9.59 Å². The third-order valence-electron chi connectivity index (χ3n) is 4.25. The highest BCUT2D eigenvalue weighted by Crippen LogP contribution is 2.16. The summed E-state index contributed by atoms with van der Waals surface area (Å²) in [6.07, 6.45) is 8.54. The van der Waals surface area contributed by atoms with E-state index >= 15 is 0 Å². The van der Waals surface area contributed by atoms with Crippen molar-refractivity contribution in [2.24, 2.45) is 10.7 Å². The minimum Gasteiger partial charge on any atom is -0.405 e. The van der Waals surface area contributed by atoms with Gasteiger partial charge in [-0.05, 0) is 57.9 Å². The minimum atomic E-state index is -0.349. The van der Waals surface area contributed by atoms with E-state index in [0.29, 0.717) is 16.4 Å². The summed E-state index contributed by atoms with van der Waals surface area (Å²) in [5.74, 6) is -0.646. The molecule has 1 aromatic heterocycles. The Bertz CT molecular complexity index is 1050. The van der Waals surface area contributed by atoms with E-state index < -0.39 is 0 Å². The molecule has 9 heteroatoms. The van der Waals surface area contributed by atoms with Gasteiger partial charge < -0.3 is 20.9 Å². The molecule has 4 N–H and O–H groups in total. The number of allylic oxidation sites excluding steroid dienone is 1. The van der Waals surface area contributed by atoms with E-state index in [1.165, 1.54) is 18.0 Å². The Balaban J connectivity index is 0.000000852. The Morgan fingerprint density at radius 2 is 1.85 bits per heavy atom. The van der Waals surface area contributed by atoms with Crippen LogP contribution in [0.4, 0.5) is 0 Å². The lowest BCUT2D eigenvalue weighted by molar-refractivity contribution is -0.118. The number of amides is 2. The van der Waals surface area contributed by atoms with Crippen LogP contribution in [0.1, 0.15) is 43.6 Å². The number of carbonyl (C=O) groups excluding carboxylic acids is 2. The second kappa shape index (κ2) is 14.2. The van der Waals surface area contributed by atoms with Gasteiger partial charge in [-0.15, -0.1) is 0 Å². The van der Waals surface area contributed by atoms with Crippen LogP contribution < -0.4 is 16.4 Å². The van der Waals surface area contributed by atoms with Crippen molar-refractivity contribution in [3.05, 3.63) is 78.8 Å². The van der Waals surface area contributed by atoms with Gasteiger partial charge in [-0.25, -0.2) is 4.99 Å². The molecule has 0 aliphatic heterocycles. The molecule has 0 saturated heterocycles. The second-order valence-corrected chi connectivity index (χ2v) is 9.55. The topological polar surface area (TPSA) is 102 Å². The van der Waals surface area contributed by atoms with Gasteiger partial charge >= 0.3 is 0 Å². The van der Waals surface area contributed by atoms with Crippen molar-refractivity contribution in [1.82, 2.24) is 15.2 Å². The predicted octanol–water partition coefficient (Wildman–Crippen LogP) is 4.33. The summed E-state index contributed by atoms with van der Waals surface area (Å²) < 4.78 is 1.95. The van der Waals surface area contributed by atoms with Crippen LogP contribution in [0.25, 0.3) is 5.70 Å². The van der Waals surface area contributed by atoms with E-state index in [1.807, 2.05) is 54.3 Å². The summed E-state index contributed by atoms with van der Waals surface area (Å²) in [5.41, 5.74) is 6.79. The smallest absolute Gasteiger partial charge is 0.253 e. The van der Waals surface area contributed by atoms with Gasteiger partial charge in [-0.2, -0.15) is 0 Å². The van der Waals surface area contributed by atoms with Gasteiger partial charge in [0.15, 0.2) is 5.17 Å². The predicted molar refractivity (Wildman–Crippen MR) is 148 cm³/mol. The first-order valence-electron chi connectivity index (χ1n) is 10.5. The number of hydrogen-bond acceptors (Lipinski definition) is 6. The SMILES string of the molecule is C=C(N=C(NC(=O)CNC(=O)c1ccn(C(C)(C)C)c1)SC)c1ccccc1.CC(=S)/C=C\N. The van der Waals surface area contributed by atoms with E-state index in [4.69, 9.17) is 5.73 Å². The van der Waals surface area contributed by atoms with Crippen LogP contribution >= 0.6 is 24.0 Å². The molecule has 0 atom stereocenters. The largest absolute Gasteiger partial charge is 0.405 e. The van der Waals surface area contributed by atoms with Crippen LogP contribution in [-0.4, -0.2) is 39.2 Å². The first kappa shape index (κ1) is 28.9. The number of hydrogen-bond donors (Lipinski definition) is 3. The molecule has 182 valence electrons. The van der Waals surface area contributed by atoms with Gasteiger partial charge in [0, 0.05) is 22.8 Å². The molecule has 1 heterocycles.